The lowest BCUT2D eigenvalue weighted by atomic mass is 9.90. The molecule has 2 fully saturated rings. The van der Waals surface area contributed by atoms with Gasteiger partial charge in [0, 0.05) is 32.3 Å². The van der Waals surface area contributed by atoms with E-state index >= 15 is 0 Å². The molecule has 1 heterocycles. The number of methoxy groups -OCH3 is 1. The molecular weight excluding hydrogens is 188 g/mol. The zero-order valence-electron chi connectivity index (χ0n) is 10.0. The number of nitrogens with one attached hydrogen (secondary N) is 1. The van der Waals surface area contributed by atoms with Crippen LogP contribution in [0.3, 0.4) is 0 Å². The normalized spacial score (nSPS) is 38.4. The molecule has 0 radical (unpaired) electrons. The molecule has 0 aromatic rings. The zero-order valence-corrected chi connectivity index (χ0v) is 10.0. The first-order valence-corrected chi connectivity index (χ1v) is 6.27. The van der Waals surface area contributed by atoms with Crippen molar-refractivity contribution in [1.29, 1.82) is 0 Å². The van der Waals surface area contributed by atoms with E-state index in [2.05, 4.69) is 17.3 Å². The van der Waals surface area contributed by atoms with Gasteiger partial charge < -0.3 is 10.1 Å². The van der Waals surface area contributed by atoms with Gasteiger partial charge in [0.2, 0.25) is 0 Å². The minimum absolute atomic E-state index is 0.486. The molecule has 1 saturated heterocycles. The number of hydrogen-bond acceptors (Lipinski definition) is 3. The SMILES string of the molecule is CNC1CCCC(N2CCC(OC)C2)C1. The quantitative estimate of drug-likeness (QED) is 0.762. The molecule has 3 atom stereocenters. The van der Waals surface area contributed by atoms with Crippen molar-refractivity contribution in [3.63, 3.8) is 0 Å². The molecule has 1 saturated carbocycles. The van der Waals surface area contributed by atoms with Gasteiger partial charge in [-0.05, 0) is 32.7 Å². The van der Waals surface area contributed by atoms with Crippen molar-refractivity contribution in [3.8, 4) is 0 Å². The predicted octanol–water partition coefficient (Wildman–Crippen LogP) is 1.24. The number of hydrogen-bond donors (Lipinski definition) is 1. The molecule has 3 heteroatoms. The smallest absolute Gasteiger partial charge is 0.0710 e. The Hall–Kier alpha value is -0.120. The summed E-state index contributed by atoms with van der Waals surface area (Å²) in [5, 5.41) is 3.42. The fraction of sp³-hybridized carbons (Fsp3) is 1.00. The lowest BCUT2D eigenvalue weighted by Crippen LogP contribution is -2.42. The van der Waals surface area contributed by atoms with E-state index in [1.165, 1.54) is 38.6 Å². The van der Waals surface area contributed by atoms with Crippen molar-refractivity contribution >= 4 is 0 Å². The first-order valence-electron chi connectivity index (χ1n) is 6.27. The van der Waals surface area contributed by atoms with Crippen LogP contribution in [0.2, 0.25) is 0 Å². The Balaban J connectivity index is 1.83. The van der Waals surface area contributed by atoms with Crippen LogP contribution in [0.1, 0.15) is 32.1 Å². The third kappa shape index (κ3) is 2.71. The molecule has 88 valence electrons. The van der Waals surface area contributed by atoms with Gasteiger partial charge in [0.05, 0.1) is 6.10 Å². The minimum atomic E-state index is 0.486. The molecule has 1 aliphatic heterocycles. The van der Waals surface area contributed by atoms with Gasteiger partial charge in [0.25, 0.3) is 0 Å². The topological polar surface area (TPSA) is 24.5 Å². The van der Waals surface area contributed by atoms with Crippen molar-refractivity contribution in [2.75, 3.05) is 27.2 Å². The first kappa shape index (κ1) is 11.4. The van der Waals surface area contributed by atoms with E-state index in [4.69, 9.17) is 4.74 Å². The number of likely N-dealkylation sites (tertiary alicyclic amines) is 1. The molecule has 3 nitrogen and oxygen atoms in total. The number of ether oxygens (including phenoxy) is 1. The van der Waals surface area contributed by atoms with Crippen LogP contribution in [-0.2, 0) is 4.74 Å². The molecule has 1 aliphatic carbocycles. The van der Waals surface area contributed by atoms with Crippen LogP contribution in [0.25, 0.3) is 0 Å². The summed E-state index contributed by atoms with van der Waals surface area (Å²) in [6, 6.07) is 1.54. The van der Waals surface area contributed by atoms with Gasteiger partial charge in [-0.3, -0.25) is 4.90 Å². The largest absolute Gasteiger partial charge is 0.380 e. The van der Waals surface area contributed by atoms with Crippen molar-refractivity contribution in [3.05, 3.63) is 0 Å². The Labute approximate surface area is 93.2 Å². The molecule has 0 bridgehead atoms. The average Bonchev–Trinajstić information content (AvgIpc) is 2.78. The molecule has 2 rings (SSSR count). The van der Waals surface area contributed by atoms with E-state index in [-0.39, 0.29) is 0 Å². The molecule has 0 amide bonds. The lowest BCUT2D eigenvalue weighted by molar-refractivity contribution is 0.0926. The molecule has 0 aromatic carbocycles. The summed E-state index contributed by atoms with van der Waals surface area (Å²) in [6.45, 7) is 2.39. The average molecular weight is 212 g/mol. The maximum atomic E-state index is 5.43. The number of nitrogens with zero attached hydrogens (tertiary/aromatic N) is 1. The predicted molar refractivity (Wildman–Crippen MR) is 62.1 cm³/mol. The van der Waals surface area contributed by atoms with Crippen molar-refractivity contribution in [1.82, 2.24) is 10.2 Å². The van der Waals surface area contributed by atoms with Crippen LogP contribution >= 0.6 is 0 Å². The van der Waals surface area contributed by atoms with Crippen molar-refractivity contribution < 1.29 is 4.74 Å². The molecule has 3 unspecified atom stereocenters. The van der Waals surface area contributed by atoms with Crippen LogP contribution in [0.15, 0.2) is 0 Å². The second-order valence-electron chi connectivity index (χ2n) is 4.95. The van der Waals surface area contributed by atoms with E-state index in [1.54, 1.807) is 0 Å². The standard InChI is InChI=1S/C12H24N2O/c1-13-10-4-3-5-11(8-10)14-7-6-12(9-14)15-2/h10-13H,3-9H2,1-2H3. The summed E-state index contributed by atoms with van der Waals surface area (Å²) in [6.07, 6.45) is 7.15. The van der Waals surface area contributed by atoms with Crippen LogP contribution in [-0.4, -0.2) is 50.3 Å². The van der Waals surface area contributed by atoms with E-state index in [0.717, 1.165) is 18.6 Å². The maximum Gasteiger partial charge on any atom is 0.0710 e. The Kier molecular flexibility index (Phi) is 4.00. The van der Waals surface area contributed by atoms with Gasteiger partial charge in [0.15, 0.2) is 0 Å². The Morgan fingerprint density at radius 2 is 2.13 bits per heavy atom. The van der Waals surface area contributed by atoms with Crippen LogP contribution in [0.5, 0.6) is 0 Å². The van der Waals surface area contributed by atoms with Gasteiger partial charge in [-0.25, -0.2) is 0 Å². The summed E-state index contributed by atoms with van der Waals surface area (Å²) >= 11 is 0. The monoisotopic (exact) mass is 212 g/mol. The van der Waals surface area contributed by atoms with E-state index in [0.29, 0.717) is 6.10 Å². The molecule has 15 heavy (non-hydrogen) atoms. The zero-order chi connectivity index (χ0) is 10.7. The van der Waals surface area contributed by atoms with E-state index in [9.17, 15) is 0 Å². The third-order valence-electron chi connectivity index (χ3n) is 4.08. The van der Waals surface area contributed by atoms with Gasteiger partial charge in [-0.2, -0.15) is 0 Å². The Morgan fingerprint density at radius 1 is 1.27 bits per heavy atom. The highest BCUT2D eigenvalue weighted by atomic mass is 16.5. The fourth-order valence-electron chi connectivity index (χ4n) is 3.04. The highest BCUT2D eigenvalue weighted by Crippen LogP contribution is 2.26. The maximum absolute atomic E-state index is 5.43. The van der Waals surface area contributed by atoms with Gasteiger partial charge >= 0.3 is 0 Å². The lowest BCUT2D eigenvalue weighted by Gasteiger charge is -2.35. The molecule has 0 aromatic heterocycles. The highest BCUT2D eigenvalue weighted by molar-refractivity contribution is 4.87. The van der Waals surface area contributed by atoms with Crippen LogP contribution in [0, 0.1) is 0 Å². The molecule has 1 N–H and O–H groups in total. The van der Waals surface area contributed by atoms with E-state index < -0.39 is 0 Å². The fourth-order valence-corrected chi connectivity index (χ4v) is 3.04. The van der Waals surface area contributed by atoms with Crippen molar-refractivity contribution in [2.24, 2.45) is 0 Å². The van der Waals surface area contributed by atoms with Gasteiger partial charge in [-0.15, -0.1) is 0 Å². The number of rotatable bonds is 3. The van der Waals surface area contributed by atoms with Gasteiger partial charge in [-0.1, -0.05) is 6.42 Å². The summed E-state index contributed by atoms with van der Waals surface area (Å²) in [5.41, 5.74) is 0. The Morgan fingerprint density at radius 3 is 2.80 bits per heavy atom. The summed E-state index contributed by atoms with van der Waals surface area (Å²) in [5.74, 6) is 0. The summed E-state index contributed by atoms with van der Waals surface area (Å²) in [4.78, 5) is 2.64. The third-order valence-corrected chi connectivity index (χ3v) is 4.08. The molecule has 2 aliphatic rings. The first-order chi connectivity index (χ1) is 7.33. The van der Waals surface area contributed by atoms with Gasteiger partial charge in [0.1, 0.15) is 0 Å². The van der Waals surface area contributed by atoms with E-state index in [1.807, 2.05) is 7.11 Å². The summed E-state index contributed by atoms with van der Waals surface area (Å²) < 4.78 is 5.43. The second kappa shape index (κ2) is 5.28. The van der Waals surface area contributed by atoms with Crippen LogP contribution in [0.4, 0.5) is 0 Å². The molecular formula is C12H24N2O. The van der Waals surface area contributed by atoms with Crippen molar-refractivity contribution in [2.45, 2.75) is 50.3 Å². The van der Waals surface area contributed by atoms with Crippen LogP contribution < -0.4 is 5.32 Å². The minimum Gasteiger partial charge on any atom is -0.380 e. The summed E-state index contributed by atoms with van der Waals surface area (Å²) in [7, 11) is 3.93. The molecule has 0 spiro atoms. The Bertz CT molecular complexity index is 198. The second-order valence-corrected chi connectivity index (χ2v) is 4.95. The highest BCUT2D eigenvalue weighted by Gasteiger charge is 2.31.